The van der Waals surface area contributed by atoms with E-state index in [1.807, 2.05) is 12.1 Å². The third-order valence-electron chi connectivity index (χ3n) is 6.78. The molecule has 0 bridgehead atoms. The van der Waals surface area contributed by atoms with Gasteiger partial charge in [0.25, 0.3) is 0 Å². The average molecular weight is 410 g/mol. The standard InChI is InChI=1S/C24H28ClN3O/c1-17-15-20-4-2-3-19-7-10-22(24(29)28(17)23(19)20)27-13-11-26(12-14-27)16-18-5-8-21(25)9-6-18/h2-6,8-9,17,22H,7,10-16H2,1H3. The van der Waals surface area contributed by atoms with Gasteiger partial charge in [0.2, 0.25) is 5.91 Å². The molecule has 3 aliphatic rings. The Hall–Kier alpha value is -1.88. The van der Waals surface area contributed by atoms with Gasteiger partial charge in [0.1, 0.15) is 0 Å². The summed E-state index contributed by atoms with van der Waals surface area (Å²) in [5.41, 5.74) is 5.21. The van der Waals surface area contributed by atoms with E-state index in [4.69, 9.17) is 11.6 Å². The van der Waals surface area contributed by atoms with Crippen LogP contribution in [-0.4, -0.2) is 54.0 Å². The van der Waals surface area contributed by atoms with Crippen LogP contribution in [0.1, 0.15) is 30.0 Å². The van der Waals surface area contributed by atoms with E-state index in [1.54, 1.807) is 0 Å². The van der Waals surface area contributed by atoms with E-state index in [-0.39, 0.29) is 12.1 Å². The Morgan fingerprint density at radius 1 is 1.00 bits per heavy atom. The number of rotatable bonds is 3. The number of piperazine rings is 1. The molecule has 5 heteroatoms. The second-order valence-corrected chi connectivity index (χ2v) is 9.12. The molecule has 2 aromatic carbocycles. The molecule has 0 saturated carbocycles. The molecule has 0 spiro atoms. The minimum atomic E-state index is 0.00785. The van der Waals surface area contributed by atoms with Crippen LogP contribution >= 0.6 is 11.6 Å². The average Bonchev–Trinajstić information content (AvgIpc) is 2.98. The zero-order valence-corrected chi connectivity index (χ0v) is 17.7. The van der Waals surface area contributed by atoms with Gasteiger partial charge in [-0.1, -0.05) is 41.9 Å². The summed E-state index contributed by atoms with van der Waals surface area (Å²) < 4.78 is 0. The Kier molecular flexibility index (Phi) is 5.10. The number of nitrogens with zero attached hydrogens (tertiary/aromatic N) is 3. The van der Waals surface area contributed by atoms with Gasteiger partial charge in [-0.05, 0) is 55.0 Å². The monoisotopic (exact) mass is 409 g/mol. The zero-order chi connectivity index (χ0) is 20.0. The lowest BCUT2D eigenvalue weighted by atomic mass is 10.0. The maximum absolute atomic E-state index is 13.5. The molecule has 4 nitrogen and oxygen atoms in total. The lowest BCUT2D eigenvalue weighted by Gasteiger charge is -2.39. The van der Waals surface area contributed by atoms with Crippen LogP contribution in [0.3, 0.4) is 0 Å². The van der Waals surface area contributed by atoms with Crippen LogP contribution in [0.5, 0.6) is 0 Å². The van der Waals surface area contributed by atoms with Gasteiger partial charge in [0, 0.05) is 43.8 Å². The fraction of sp³-hybridized carbons (Fsp3) is 0.458. The summed E-state index contributed by atoms with van der Waals surface area (Å²) in [6, 6.07) is 15.0. The highest BCUT2D eigenvalue weighted by atomic mass is 35.5. The van der Waals surface area contributed by atoms with Crippen molar-refractivity contribution >= 4 is 23.2 Å². The lowest BCUT2D eigenvalue weighted by Crippen LogP contribution is -2.55. The number of hydrogen-bond acceptors (Lipinski definition) is 3. The predicted molar refractivity (Wildman–Crippen MR) is 118 cm³/mol. The van der Waals surface area contributed by atoms with E-state index >= 15 is 0 Å². The van der Waals surface area contributed by atoms with Crippen LogP contribution in [0.25, 0.3) is 0 Å². The summed E-state index contributed by atoms with van der Waals surface area (Å²) >= 11 is 6.00. The molecule has 0 aliphatic carbocycles. The molecular weight excluding hydrogens is 382 g/mol. The van der Waals surface area contributed by atoms with Crippen molar-refractivity contribution < 1.29 is 4.79 Å². The van der Waals surface area contributed by atoms with E-state index in [1.165, 1.54) is 22.4 Å². The van der Waals surface area contributed by atoms with Gasteiger partial charge in [-0.25, -0.2) is 0 Å². The maximum Gasteiger partial charge on any atom is 0.244 e. The van der Waals surface area contributed by atoms with Crippen molar-refractivity contribution in [3.8, 4) is 0 Å². The highest BCUT2D eigenvalue weighted by Crippen LogP contribution is 2.39. The maximum atomic E-state index is 13.5. The molecule has 5 rings (SSSR count). The van der Waals surface area contributed by atoms with E-state index in [2.05, 4.69) is 52.0 Å². The predicted octanol–water partition coefficient (Wildman–Crippen LogP) is 3.75. The first-order chi connectivity index (χ1) is 14.1. The first-order valence-electron chi connectivity index (χ1n) is 10.7. The Balaban J connectivity index is 1.27. The number of hydrogen-bond donors (Lipinski definition) is 0. The minimum Gasteiger partial charge on any atom is -0.307 e. The second kappa shape index (κ2) is 7.75. The molecule has 152 valence electrons. The molecule has 0 aromatic heterocycles. The number of halogens is 1. The van der Waals surface area contributed by atoms with Crippen molar-refractivity contribution in [2.24, 2.45) is 0 Å². The molecule has 2 aromatic rings. The van der Waals surface area contributed by atoms with Crippen molar-refractivity contribution in [3.63, 3.8) is 0 Å². The molecule has 0 N–H and O–H groups in total. The minimum absolute atomic E-state index is 0.00785. The SMILES string of the molecule is CC1Cc2cccc3c2N1C(=O)C(N1CCN(Cc2ccc(Cl)cc2)CC1)CC3. The van der Waals surface area contributed by atoms with E-state index in [0.717, 1.165) is 57.0 Å². The van der Waals surface area contributed by atoms with Crippen LogP contribution in [0, 0.1) is 0 Å². The third-order valence-corrected chi connectivity index (χ3v) is 7.03. The van der Waals surface area contributed by atoms with Crippen molar-refractivity contribution in [1.29, 1.82) is 0 Å². The Morgan fingerprint density at radius 3 is 2.48 bits per heavy atom. The number of carbonyl (C=O) groups is 1. The molecule has 1 saturated heterocycles. The molecule has 2 atom stereocenters. The van der Waals surface area contributed by atoms with Crippen LogP contribution < -0.4 is 4.90 Å². The number of anilines is 1. The molecule has 1 fully saturated rings. The summed E-state index contributed by atoms with van der Waals surface area (Å²) in [5, 5.41) is 0.783. The van der Waals surface area contributed by atoms with Gasteiger partial charge in [-0.15, -0.1) is 0 Å². The molecular formula is C24H28ClN3O. The van der Waals surface area contributed by atoms with Gasteiger partial charge in [0.05, 0.1) is 11.7 Å². The first-order valence-corrected chi connectivity index (χ1v) is 11.1. The van der Waals surface area contributed by atoms with Gasteiger partial charge >= 0.3 is 0 Å². The Labute approximate surface area is 178 Å². The summed E-state index contributed by atoms with van der Waals surface area (Å²) in [4.78, 5) is 20.6. The van der Waals surface area contributed by atoms with Crippen LogP contribution in [-0.2, 0) is 24.2 Å². The number of amides is 1. The van der Waals surface area contributed by atoms with Gasteiger partial charge in [-0.3, -0.25) is 14.6 Å². The number of para-hydroxylation sites is 1. The number of carbonyl (C=O) groups excluding carboxylic acids is 1. The molecule has 2 unspecified atom stereocenters. The topological polar surface area (TPSA) is 26.8 Å². The number of aryl methyl sites for hydroxylation is 1. The molecule has 1 amide bonds. The van der Waals surface area contributed by atoms with E-state index < -0.39 is 0 Å². The summed E-state index contributed by atoms with van der Waals surface area (Å²) in [5.74, 6) is 0.312. The normalized spacial score (nSPS) is 25.2. The van der Waals surface area contributed by atoms with Gasteiger partial charge in [0.15, 0.2) is 0 Å². The highest BCUT2D eigenvalue weighted by Gasteiger charge is 2.41. The Bertz CT molecular complexity index is 905. The molecule has 3 heterocycles. The van der Waals surface area contributed by atoms with E-state index in [0.29, 0.717) is 5.91 Å². The third kappa shape index (κ3) is 3.58. The Morgan fingerprint density at radius 2 is 1.72 bits per heavy atom. The molecule has 3 aliphatic heterocycles. The largest absolute Gasteiger partial charge is 0.307 e. The summed E-state index contributed by atoms with van der Waals surface area (Å²) in [6.45, 7) is 7.04. The lowest BCUT2D eigenvalue weighted by molar-refractivity contribution is -0.125. The zero-order valence-electron chi connectivity index (χ0n) is 17.0. The van der Waals surface area contributed by atoms with Crippen molar-refractivity contribution in [1.82, 2.24) is 9.80 Å². The van der Waals surface area contributed by atoms with Gasteiger partial charge in [-0.2, -0.15) is 0 Å². The fourth-order valence-electron chi connectivity index (χ4n) is 5.27. The number of benzene rings is 2. The smallest absolute Gasteiger partial charge is 0.244 e. The fourth-order valence-corrected chi connectivity index (χ4v) is 5.40. The molecule has 29 heavy (non-hydrogen) atoms. The summed E-state index contributed by atoms with van der Waals surface area (Å²) in [7, 11) is 0. The second-order valence-electron chi connectivity index (χ2n) is 8.68. The highest BCUT2D eigenvalue weighted by molar-refractivity contribution is 6.30. The van der Waals surface area contributed by atoms with Crippen molar-refractivity contribution in [2.45, 2.75) is 44.8 Å². The molecule has 0 radical (unpaired) electrons. The quantitative estimate of drug-likeness (QED) is 0.772. The first kappa shape index (κ1) is 19.1. The van der Waals surface area contributed by atoms with Crippen molar-refractivity contribution in [2.75, 3.05) is 31.1 Å². The summed E-state index contributed by atoms with van der Waals surface area (Å²) in [6.07, 6.45) is 2.90. The van der Waals surface area contributed by atoms with Crippen molar-refractivity contribution in [3.05, 3.63) is 64.2 Å². The van der Waals surface area contributed by atoms with Crippen LogP contribution in [0.15, 0.2) is 42.5 Å². The van der Waals surface area contributed by atoms with Crippen LogP contribution in [0.2, 0.25) is 5.02 Å². The van der Waals surface area contributed by atoms with E-state index in [9.17, 15) is 4.79 Å². The van der Waals surface area contributed by atoms with Gasteiger partial charge < -0.3 is 4.90 Å². The van der Waals surface area contributed by atoms with Crippen LogP contribution in [0.4, 0.5) is 5.69 Å².